The molecule has 0 atom stereocenters. The quantitative estimate of drug-likeness (QED) is 0.350. The number of pyridine rings is 1. The maximum absolute atomic E-state index is 12.1. The number of benzene rings is 1. The number of nitrogens with zero attached hydrogens (tertiary/aromatic N) is 5. The Hall–Kier alpha value is -3.03. The van der Waals surface area contributed by atoms with Crippen LogP contribution in [0.1, 0.15) is 48.4 Å². The number of hydrogen-bond donors (Lipinski definition) is 0. The van der Waals surface area contributed by atoms with Gasteiger partial charge in [0.15, 0.2) is 5.78 Å². The molecule has 8 heteroatoms. The number of halogens is 1. The Morgan fingerprint density at radius 2 is 1.94 bits per heavy atom. The number of aromatic nitrogens is 4. The molecule has 170 valence electrons. The first-order chi connectivity index (χ1) is 16.1. The lowest BCUT2D eigenvalue weighted by Gasteiger charge is -2.30. The maximum atomic E-state index is 12.1. The van der Waals surface area contributed by atoms with E-state index in [0.29, 0.717) is 16.8 Å². The van der Waals surface area contributed by atoms with Crippen LogP contribution in [0.3, 0.4) is 0 Å². The van der Waals surface area contributed by atoms with E-state index in [2.05, 4.69) is 24.6 Å². The van der Waals surface area contributed by atoms with E-state index in [1.54, 1.807) is 19.3 Å². The number of fused-ring (bicyclic) bond motifs is 1. The summed E-state index contributed by atoms with van der Waals surface area (Å²) in [5, 5.41) is 5.76. The van der Waals surface area contributed by atoms with Crippen molar-refractivity contribution in [3.05, 3.63) is 65.4 Å². The van der Waals surface area contributed by atoms with Crippen LogP contribution in [0, 0.1) is 0 Å². The van der Waals surface area contributed by atoms with E-state index in [4.69, 9.17) is 16.1 Å². The van der Waals surface area contributed by atoms with Crippen LogP contribution < -0.4 is 0 Å². The number of likely N-dealkylation sites (tertiary alicyclic amines) is 1. The van der Waals surface area contributed by atoms with Gasteiger partial charge in [0.2, 0.25) is 11.7 Å². The first-order valence-electron chi connectivity index (χ1n) is 11.3. The summed E-state index contributed by atoms with van der Waals surface area (Å²) >= 11 is 6.46. The van der Waals surface area contributed by atoms with Crippen molar-refractivity contribution in [2.75, 3.05) is 19.6 Å². The summed E-state index contributed by atoms with van der Waals surface area (Å²) in [5.41, 5.74) is 2.60. The van der Waals surface area contributed by atoms with E-state index in [9.17, 15) is 4.79 Å². The lowest BCUT2D eigenvalue weighted by atomic mass is 9.96. The van der Waals surface area contributed by atoms with Crippen LogP contribution in [0.15, 0.2) is 53.4 Å². The average Bonchev–Trinajstić information content (AvgIpc) is 3.47. The van der Waals surface area contributed by atoms with Gasteiger partial charge in [-0.2, -0.15) is 4.98 Å². The van der Waals surface area contributed by atoms with E-state index in [1.165, 1.54) is 0 Å². The van der Waals surface area contributed by atoms with Crippen molar-refractivity contribution in [3.63, 3.8) is 0 Å². The molecule has 1 saturated heterocycles. The Labute approximate surface area is 197 Å². The van der Waals surface area contributed by atoms with Gasteiger partial charge in [0.25, 0.3) is 0 Å². The van der Waals surface area contributed by atoms with Crippen LogP contribution in [0.5, 0.6) is 0 Å². The number of aryl methyl sites for hydroxylation is 1. The van der Waals surface area contributed by atoms with Crippen molar-refractivity contribution in [2.24, 2.45) is 0 Å². The molecule has 1 aliphatic rings. The third-order valence-electron chi connectivity index (χ3n) is 6.42. The predicted molar refractivity (Wildman–Crippen MR) is 128 cm³/mol. The molecule has 4 heterocycles. The van der Waals surface area contributed by atoms with Crippen LogP contribution in [-0.4, -0.2) is 50.0 Å². The summed E-state index contributed by atoms with van der Waals surface area (Å²) in [7, 11) is 0. The van der Waals surface area contributed by atoms with Crippen molar-refractivity contribution >= 4 is 28.3 Å². The topological polar surface area (TPSA) is 77.1 Å². The Morgan fingerprint density at radius 1 is 1.15 bits per heavy atom. The van der Waals surface area contributed by atoms with Crippen LogP contribution in [0.4, 0.5) is 0 Å². The summed E-state index contributed by atoms with van der Waals surface area (Å²) in [6.45, 7) is 5.44. The smallest absolute Gasteiger partial charge is 0.230 e. The minimum atomic E-state index is 0.0659. The van der Waals surface area contributed by atoms with Crippen molar-refractivity contribution in [3.8, 4) is 11.4 Å². The molecule has 5 rings (SSSR count). The standard InChI is InChI=1S/C25H26ClN5O2/c1-17(32)21-16-31(23-20(21)4-2-5-22(23)26)13-3-12-30-14-8-19(9-15-30)25-28-24(29-33-25)18-6-10-27-11-7-18/h2,4-7,10-11,16,19H,3,8-9,12-15H2,1H3. The molecule has 0 amide bonds. The molecule has 33 heavy (non-hydrogen) atoms. The molecular weight excluding hydrogens is 438 g/mol. The van der Waals surface area contributed by atoms with Crippen LogP contribution in [0.25, 0.3) is 22.3 Å². The molecule has 0 N–H and O–H groups in total. The van der Waals surface area contributed by atoms with E-state index >= 15 is 0 Å². The van der Waals surface area contributed by atoms with Crippen LogP contribution in [-0.2, 0) is 6.54 Å². The maximum Gasteiger partial charge on any atom is 0.230 e. The Balaban J connectivity index is 1.16. The molecule has 1 aliphatic heterocycles. The summed E-state index contributed by atoms with van der Waals surface area (Å²) in [4.78, 5) is 23.2. The lowest BCUT2D eigenvalue weighted by molar-refractivity contribution is 0.101. The zero-order valence-corrected chi connectivity index (χ0v) is 19.3. The predicted octanol–water partition coefficient (Wildman–Crippen LogP) is 5.21. The third kappa shape index (κ3) is 4.56. The first-order valence-corrected chi connectivity index (χ1v) is 11.7. The highest BCUT2D eigenvalue weighted by Crippen LogP contribution is 2.30. The number of ketones is 1. The molecule has 0 aliphatic carbocycles. The van der Waals surface area contributed by atoms with Gasteiger partial charge in [0, 0.05) is 47.6 Å². The minimum absolute atomic E-state index is 0.0659. The molecular formula is C25H26ClN5O2. The molecule has 0 bridgehead atoms. The molecule has 1 fully saturated rings. The number of hydrogen-bond acceptors (Lipinski definition) is 6. The van der Waals surface area contributed by atoms with Crippen LogP contribution in [0.2, 0.25) is 5.02 Å². The van der Waals surface area contributed by atoms with Gasteiger partial charge < -0.3 is 14.0 Å². The van der Waals surface area contributed by atoms with Gasteiger partial charge in [-0.05, 0) is 64.0 Å². The van der Waals surface area contributed by atoms with Crippen molar-refractivity contribution < 1.29 is 9.32 Å². The minimum Gasteiger partial charge on any atom is -0.345 e. The molecule has 3 aromatic heterocycles. The van der Waals surface area contributed by atoms with Crippen molar-refractivity contribution in [1.29, 1.82) is 0 Å². The van der Waals surface area contributed by atoms with Gasteiger partial charge in [-0.25, -0.2) is 0 Å². The van der Waals surface area contributed by atoms with Gasteiger partial charge in [-0.15, -0.1) is 0 Å². The fourth-order valence-corrected chi connectivity index (χ4v) is 4.94. The zero-order valence-electron chi connectivity index (χ0n) is 18.6. The van der Waals surface area contributed by atoms with Gasteiger partial charge in [-0.3, -0.25) is 9.78 Å². The summed E-state index contributed by atoms with van der Waals surface area (Å²) in [5.74, 6) is 1.72. The average molecular weight is 464 g/mol. The third-order valence-corrected chi connectivity index (χ3v) is 6.72. The second-order valence-corrected chi connectivity index (χ2v) is 9.00. The normalized spacial score (nSPS) is 15.3. The summed E-state index contributed by atoms with van der Waals surface area (Å²) < 4.78 is 7.69. The van der Waals surface area contributed by atoms with Crippen molar-refractivity contribution in [2.45, 2.75) is 38.6 Å². The monoisotopic (exact) mass is 463 g/mol. The summed E-state index contributed by atoms with van der Waals surface area (Å²) in [6, 6.07) is 9.52. The number of rotatable bonds is 7. The Kier molecular flexibility index (Phi) is 6.24. The molecule has 1 aromatic carbocycles. The SMILES string of the molecule is CC(=O)c1cn(CCCN2CCC(c3nc(-c4ccncc4)no3)CC2)c2c(Cl)cccc12. The first kappa shape index (κ1) is 21.8. The van der Waals surface area contributed by atoms with Crippen molar-refractivity contribution in [1.82, 2.24) is 24.6 Å². The fraction of sp³-hybridized carbons (Fsp3) is 0.360. The lowest BCUT2D eigenvalue weighted by Crippen LogP contribution is -2.34. The van der Waals surface area contributed by atoms with Crippen LogP contribution >= 0.6 is 11.6 Å². The highest BCUT2D eigenvalue weighted by atomic mass is 35.5. The highest BCUT2D eigenvalue weighted by molar-refractivity contribution is 6.35. The van der Waals surface area contributed by atoms with Gasteiger partial charge >= 0.3 is 0 Å². The number of carbonyl (C=O) groups is 1. The van der Waals surface area contributed by atoms with Gasteiger partial charge in [0.05, 0.1) is 10.5 Å². The fourth-order valence-electron chi connectivity index (χ4n) is 4.66. The zero-order chi connectivity index (χ0) is 22.8. The summed E-state index contributed by atoms with van der Waals surface area (Å²) in [6.07, 6.45) is 8.41. The van der Waals surface area contributed by atoms with E-state index in [-0.39, 0.29) is 5.78 Å². The number of para-hydroxylation sites is 1. The Bertz CT molecular complexity index is 1260. The van der Waals surface area contributed by atoms with E-state index < -0.39 is 0 Å². The number of carbonyl (C=O) groups excluding carboxylic acids is 1. The highest BCUT2D eigenvalue weighted by Gasteiger charge is 2.25. The largest absolute Gasteiger partial charge is 0.345 e. The molecule has 0 radical (unpaired) electrons. The number of piperidine rings is 1. The molecule has 0 unspecified atom stereocenters. The number of Topliss-reactive ketones (excluding diaryl/α,β-unsaturated/α-hetero) is 1. The van der Waals surface area contributed by atoms with Gasteiger partial charge in [-0.1, -0.05) is 28.9 Å². The molecule has 0 spiro atoms. The Morgan fingerprint density at radius 3 is 2.70 bits per heavy atom. The molecule has 0 saturated carbocycles. The van der Waals surface area contributed by atoms with E-state index in [0.717, 1.165) is 73.4 Å². The second-order valence-electron chi connectivity index (χ2n) is 8.59. The second kappa shape index (κ2) is 9.45. The van der Waals surface area contributed by atoms with E-state index in [1.807, 2.05) is 36.5 Å². The molecule has 4 aromatic rings. The molecule has 7 nitrogen and oxygen atoms in total. The van der Waals surface area contributed by atoms with Gasteiger partial charge in [0.1, 0.15) is 0 Å².